The van der Waals surface area contributed by atoms with Gasteiger partial charge in [-0.3, -0.25) is 9.10 Å². The summed E-state index contributed by atoms with van der Waals surface area (Å²) >= 11 is 0. The van der Waals surface area contributed by atoms with Gasteiger partial charge in [-0.1, -0.05) is 30.3 Å². The van der Waals surface area contributed by atoms with Crippen molar-refractivity contribution in [3.05, 3.63) is 65.7 Å². The minimum atomic E-state index is -3.56. The number of nitrogens with one attached hydrogen (secondary N) is 1. The molecule has 2 aromatic carbocycles. The maximum atomic E-state index is 12.2. The van der Waals surface area contributed by atoms with Crippen LogP contribution >= 0.6 is 0 Å². The van der Waals surface area contributed by atoms with Crippen LogP contribution in [0.3, 0.4) is 0 Å². The molecular weight excluding hydrogens is 366 g/mol. The molecule has 8 heteroatoms. The van der Waals surface area contributed by atoms with E-state index in [4.69, 9.17) is 4.74 Å². The van der Waals surface area contributed by atoms with E-state index in [0.717, 1.165) is 14.2 Å². The number of anilines is 1. The van der Waals surface area contributed by atoms with Gasteiger partial charge in [-0.2, -0.15) is 12.7 Å². The van der Waals surface area contributed by atoms with Crippen LogP contribution in [-0.2, 0) is 21.6 Å². The molecule has 0 aromatic heterocycles. The van der Waals surface area contributed by atoms with Crippen molar-refractivity contribution in [1.82, 2.24) is 9.62 Å². The zero-order chi connectivity index (χ0) is 19.9. The van der Waals surface area contributed by atoms with Gasteiger partial charge < -0.3 is 10.1 Å². The molecule has 1 N–H and O–H groups in total. The van der Waals surface area contributed by atoms with Crippen molar-refractivity contribution >= 4 is 21.8 Å². The first kappa shape index (κ1) is 20.9. The minimum absolute atomic E-state index is 0.233. The van der Waals surface area contributed by atoms with Crippen molar-refractivity contribution in [3.63, 3.8) is 0 Å². The molecule has 0 unspecified atom stereocenters. The molecule has 146 valence electrons. The van der Waals surface area contributed by atoms with E-state index in [0.29, 0.717) is 31.0 Å². The summed E-state index contributed by atoms with van der Waals surface area (Å²) in [6.07, 6.45) is 0. The number of ether oxygens (including phenoxy) is 1. The first-order chi connectivity index (χ1) is 12.8. The monoisotopic (exact) mass is 391 g/mol. The summed E-state index contributed by atoms with van der Waals surface area (Å²) in [7, 11) is 0.841. The highest BCUT2D eigenvalue weighted by molar-refractivity contribution is 7.90. The zero-order valence-corrected chi connectivity index (χ0v) is 16.6. The molecule has 0 bridgehead atoms. The Morgan fingerprint density at radius 2 is 1.63 bits per heavy atom. The lowest BCUT2D eigenvalue weighted by Crippen LogP contribution is -2.37. The molecule has 27 heavy (non-hydrogen) atoms. The fourth-order valence-electron chi connectivity index (χ4n) is 2.30. The van der Waals surface area contributed by atoms with Crippen molar-refractivity contribution in [2.24, 2.45) is 0 Å². The number of hydrogen-bond donors (Lipinski definition) is 1. The van der Waals surface area contributed by atoms with Gasteiger partial charge in [-0.05, 0) is 29.8 Å². The van der Waals surface area contributed by atoms with Gasteiger partial charge in [-0.15, -0.1) is 0 Å². The average molecular weight is 391 g/mol. The molecule has 0 saturated carbocycles. The van der Waals surface area contributed by atoms with Crippen LogP contribution < -0.4 is 9.62 Å². The van der Waals surface area contributed by atoms with Crippen molar-refractivity contribution in [2.75, 3.05) is 38.6 Å². The highest BCUT2D eigenvalue weighted by atomic mass is 32.2. The van der Waals surface area contributed by atoms with Crippen LogP contribution in [-0.4, -0.2) is 52.9 Å². The summed E-state index contributed by atoms with van der Waals surface area (Å²) in [6, 6.07) is 16.2. The van der Waals surface area contributed by atoms with Gasteiger partial charge in [0.1, 0.15) is 0 Å². The third-order valence-corrected chi connectivity index (χ3v) is 5.77. The van der Waals surface area contributed by atoms with Gasteiger partial charge in [0.25, 0.3) is 5.91 Å². The quantitative estimate of drug-likeness (QED) is 0.662. The van der Waals surface area contributed by atoms with E-state index < -0.39 is 10.2 Å². The van der Waals surface area contributed by atoms with Crippen molar-refractivity contribution < 1.29 is 17.9 Å². The smallest absolute Gasteiger partial charge is 0.303 e. The molecule has 0 spiro atoms. The van der Waals surface area contributed by atoms with Crippen LogP contribution in [0.1, 0.15) is 15.9 Å². The van der Waals surface area contributed by atoms with Crippen LogP contribution in [0, 0.1) is 0 Å². The predicted octanol–water partition coefficient (Wildman–Crippen LogP) is 1.88. The third kappa shape index (κ3) is 5.78. The molecule has 0 heterocycles. The highest BCUT2D eigenvalue weighted by Gasteiger charge is 2.20. The number of carbonyl (C=O) groups excluding carboxylic acids is 1. The second-order valence-electron chi connectivity index (χ2n) is 6.10. The van der Waals surface area contributed by atoms with Gasteiger partial charge in [0.05, 0.1) is 18.9 Å². The maximum absolute atomic E-state index is 12.2. The Morgan fingerprint density at radius 1 is 1.00 bits per heavy atom. The predicted molar refractivity (Wildman–Crippen MR) is 106 cm³/mol. The highest BCUT2D eigenvalue weighted by Crippen LogP contribution is 2.18. The number of carbonyl (C=O) groups is 1. The summed E-state index contributed by atoms with van der Waals surface area (Å²) < 4.78 is 32.0. The molecule has 0 saturated heterocycles. The SMILES string of the molecule is CN(C)S(=O)(=O)N(C)c1ccc(C(=O)NCCOCc2ccccc2)cc1. The van der Waals surface area contributed by atoms with Gasteiger partial charge in [0, 0.05) is 33.3 Å². The number of nitrogens with zero attached hydrogens (tertiary/aromatic N) is 2. The number of rotatable bonds is 9. The maximum Gasteiger partial charge on any atom is 0.303 e. The van der Waals surface area contributed by atoms with E-state index in [2.05, 4.69) is 5.32 Å². The Bertz CT molecular complexity index is 837. The Balaban J connectivity index is 1.81. The molecule has 0 aliphatic heterocycles. The van der Waals surface area contributed by atoms with E-state index in [9.17, 15) is 13.2 Å². The summed E-state index contributed by atoms with van der Waals surface area (Å²) in [4.78, 5) is 12.2. The van der Waals surface area contributed by atoms with Crippen LogP contribution in [0.5, 0.6) is 0 Å². The first-order valence-electron chi connectivity index (χ1n) is 8.48. The zero-order valence-electron chi connectivity index (χ0n) is 15.8. The lowest BCUT2D eigenvalue weighted by Gasteiger charge is -2.23. The summed E-state index contributed by atoms with van der Waals surface area (Å²) in [5.41, 5.74) is 2.01. The van der Waals surface area contributed by atoms with Crippen LogP contribution in [0.25, 0.3) is 0 Å². The Morgan fingerprint density at radius 3 is 2.22 bits per heavy atom. The van der Waals surface area contributed by atoms with Gasteiger partial charge in [0.2, 0.25) is 0 Å². The average Bonchev–Trinajstić information content (AvgIpc) is 2.67. The fraction of sp³-hybridized carbons (Fsp3) is 0.316. The Kier molecular flexibility index (Phi) is 7.35. The summed E-state index contributed by atoms with van der Waals surface area (Å²) in [6.45, 7) is 1.29. The minimum Gasteiger partial charge on any atom is -0.375 e. The topological polar surface area (TPSA) is 79.0 Å². The molecule has 0 atom stereocenters. The van der Waals surface area contributed by atoms with Crippen LogP contribution in [0.4, 0.5) is 5.69 Å². The van der Waals surface area contributed by atoms with E-state index in [1.807, 2.05) is 30.3 Å². The normalized spacial score (nSPS) is 11.4. The third-order valence-electron chi connectivity index (χ3n) is 3.94. The lowest BCUT2D eigenvalue weighted by molar-refractivity contribution is 0.0901. The lowest BCUT2D eigenvalue weighted by atomic mass is 10.2. The summed E-state index contributed by atoms with van der Waals surface area (Å²) in [5, 5.41) is 2.78. The van der Waals surface area contributed by atoms with Crippen molar-refractivity contribution in [1.29, 1.82) is 0 Å². The molecule has 2 aromatic rings. The van der Waals surface area contributed by atoms with Crippen LogP contribution in [0.15, 0.2) is 54.6 Å². The molecule has 1 amide bonds. The van der Waals surface area contributed by atoms with Gasteiger partial charge >= 0.3 is 10.2 Å². The molecule has 0 radical (unpaired) electrons. The van der Waals surface area contributed by atoms with Gasteiger partial charge in [0.15, 0.2) is 0 Å². The Labute approximate surface area is 160 Å². The molecule has 0 aliphatic carbocycles. The van der Waals surface area contributed by atoms with Crippen molar-refractivity contribution in [3.8, 4) is 0 Å². The van der Waals surface area contributed by atoms with Gasteiger partial charge in [-0.25, -0.2) is 0 Å². The van der Waals surface area contributed by atoms with E-state index in [1.165, 1.54) is 21.1 Å². The number of amides is 1. The second kappa shape index (κ2) is 9.50. The molecule has 2 rings (SSSR count). The molecule has 0 aliphatic rings. The number of hydrogen-bond acceptors (Lipinski definition) is 4. The molecule has 7 nitrogen and oxygen atoms in total. The Hall–Kier alpha value is -2.42. The number of benzene rings is 2. The standard InChI is InChI=1S/C19H25N3O4S/c1-21(2)27(24,25)22(3)18-11-9-17(10-12-18)19(23)20-13-14-26-15-16-7-5-4-6-8-16/h4-12H,13-15H2,1-3H3,(H,20,23). The fourth-order valence-corrected chi connectivity index (χ4v) is 3.18. The van der Waals surface area contributed by atoms with E-state index in [-0.39, 0.29) is 5.91 Å². The molecule has 0 fully saturated rings. The second-order valence-corrected chi connectivity index (χ2v) is 8.27. The van der Waals surface area contributed by atoms with Crippen LogP contribution in [0.2, 0.25) is 0 Å². The largest absolute Gasteiger partial charge is 0.375 e. The van der Waals surface area contributed by atoms with E-state index >= 15 is 0 Å². The first-order valence-corrected chi connectivity index (χ1v) is 9.88. The van der Waals surface area contributed by atoms with Crippen molar-refractivity contribution in [2.45, 2.75) is 6.61 Å². The summed E-state index contributed by atoms with van der Waals surface area (Å²) in [5.74, 6) is -0.233. The molecular formula is C19H25N3O4S. The van der Waals surface area contributed by atoms with E-state index in [1.54, 1.807) is 24.3 Å².